The Morgan fingerprint density at radius 2 is 1.83 bits per heavy atom. The molecule has 9 nitrogen and oxygen atoms in total. The predicted molar refractivity (Wildman–Crippen MR) is 131 cm³/mol. The largest absolute Gasteiger partial charge is 0.462 e. The molecular formula is C24H21Cl2N3O6. The van der Waals surface area contributed by atoms with Crippen molar-refractivity contribution >= 4 is 46.5 Å². The van der Waals surface area contributed by atoms with E-state index in [2.05, 4.69) is 0 Å². The topological polar surface area (TPSA) is 106 Å². The number of esters is 1. The van der Waals surface area contributed by atoms with Crippen LogP contribution in [-0.4, -0.2) is 54.5 Å². The van der Waals surface area contributed by atoms with E-state index in [0.717, 1.165) is 0 Å². The van der Waals surface area contributed by atoms with Gasteiger partial charge in [-0.2, -0.15) is 0 Å². The second-order valence-electron chi connectivity index (χ2n) is 7.73. The molecule has 0 N–H and O–H groups in total. The molecule has 2 aromatic carbocycles. The standard InChI is InChI=1S/C24H21Cl2N3O6/c1-2-34-24(31)15-6-7-18(19(14-15)29(32)33)27-10-12-28(13-11-27)23(30)21-9-8-20(35-21)16-4-3-5-17(25)22(16)26/h3-9,14H,2,10-13H2,1H3. The molecule has 4 rings (SSSR count). The van der Waals surface area contributed by atoms with Gasteiger partial charge in [-0.3, -0.25) is 14.9 Å². The summed E-state index contributed by atoms with van der Waals surface area (Å²) in [4.78, 5) is 39.5. The molecule has 35 heavy (non-hydrogen) atoms. The molecule has 0 unspecified atom stereocenters. The molecule has 1 saturated heterocycles. The fraction of sp³-hybridized carbons (Fsp3) is 0.250. The summed E-state index contributed by atoms with van der Waals surface area (Å²) in [5.41, 5.74) is 0.890. The van der Waals surface area contributed by atoms with Crippen molar-refractivity contribution in [2.45, 2.75) is 6.92 Å². The SMILES string of the molecule is CCOC(=O)c1ccc(N2CCN(C(=O)c3ccc(-c4cccc(Cl)c4Cl)o3)CC2)c([N+](=O)[O-])c1. The first-order chi connectivity index (χ1) is 16.8. The number of carbonyl (C=O) groups is 2. The minimum atomic E-state index is -0.616. The van der Waals surface area contributed by atoms with Crippen LogP contribution in [0.5, 0.6) is 0 Å². The van der Waals surface area contributed by atoms with Crippen LogP contribution in [0.4, 0.5) is 11.4 Å². The van der Waals surface area contributed by atoms with Crippen LogP contribution in [0.1, 0.15) is 27.8 Å². The summed E-state index contributed by atoms with van der Waals surface area (Å²) in [5, 5.41) is 12.4. The van der Waals surface area contributed by atoms with E-state index >= 15 is 0 Å². The van der Waals surface area contributed by atoms with Gasteiger partial charge in [-0.1, -0.05) is 29.3 Å². The van der Waals surface area contributed by atoms with E-state index in [1.54, 1.807) is 42.2 Å². The van der Waals surface area contributed by atoms with E-state index in [4.69, 9.17) is 32.4 Å². The maximum Gasteiger partial charge on any atom is 0.338 e. The molecule has 0 radical (unpaired) electrons. The van der Waals surface area contributed by atoms with Gasteiger partial charge >= 0.3 is 5.97 Å². The smallest absolute Gasteiger partial charge is 0.338 e. The van der Waals surface area contributed by atoms with Crippen LogP contribution < -0.4 is 4.90 Å². The molecule has 1 fully saturated rings. The summed E-state index contributed by atoms with van der Waals surface area (Å²) >= 11 is 12.3. The number of hydrogen-bond donors (Lipinski definition) is 0. The minimum absolute atomic E-state index is 0.115. The van der Waals surface area contributed by atoms with Gasteiger partial charge in [0, 0.05) is 37.8 Å². The Morgan fingerprint density at radius 3 is 2.51 bits per heavy atom. The second kappa shape index (κ2) is 10.4. The average molecular weight is 518 g/mol. The summed E-state index contributed by atoms with van der Waals surface area (Å²) in [5.74, 6) is -0.318. The van der Waals surface area contributed by atoms with Gasteiger partial charge in [0.1, 0.15) is 11.4 Å². The van der Waals surface area contributed by atoms with E-state index in [1.165, 1.54) is 18.2 Å². The molecule has 1 amide bonds. The van der Waals surface area contributed by atoms with Crippen LogP contribution in [0.15, 0.2) is 52.9 Å². The number of ether oxygens (including phenoxy) is 1. The summed E-state index contributed by atoms with van der Waals surface area (Å²) in [6.45, 7) is 3.26. The highest BCUT2D eigenvalue weighted by atomic mass is 35.5. The first kappa shape index (κ1) is 24.6. The number of rotatable bonds is 6. The van der Waals surface area contributed by atoms with Gasteiger partial charge in [0.15, 0.2) is 5.76 Å². The molecule has 1 aliphatic rings. The lowest BCUT2D eigenvalue weighted by Gasteiger charge is -2.35. The summed E-state index contributed by atoms with van der Waals surface area (Å²) in [6, 6.07) is 12.7. The highest BCUT2D eigenvalue weighted by Gasteiger charge is 2.28. The van der Waals surface area contributed by atoms with Gasteiger partial charge in [0.05, 0.1) is 27.1 Å². The molecule has 0 saturated carbocycles. The zero-order valence-corrected chi connectivity index (χ0v) is 20.2. The normalized spacial score (nSPS) is 13.6. The zero-order valence-electron chi connectivity index (χ0n) is 18.7. The van der Waals surface area contributed by atoms with E-state index < -0.39 is 10.9 Å². The molecular weight excluding hydrogens is 497 g/mol. The number of anilines is 1. The number of piperazine rings is 1. The Bertz CT molecular complexity index is 1280. The van der Waals surface area contributed by atoms with Gasteiger partial charge in [-0.25, -0.2) is 4.79 Å². The first-order valence-electron chi connectivity index (χ1n) is 10.8. The van der Waals surface area contributed by atoms with Crippen molar-refractivity contribution in [2.75, 3.05) is 37.7 Å². The minimum Gasteiger partial charge on any atom is -0.462 e. The number of halogens is 2. The molecule has 0 aliphatic carbocycles. The molecule has 0 spiro atoms. The van der Waals surface area contributed by atoms with Crippen molar-refractivity contribution in [2.24, 2.45) is 0 Å². The first-order valence-corrected chi connectivity index (χ1v) is 11.6. The number of nitrogens with zero attached hydrogens (tertiary/aromatic N) is 3. The third-order valence-electron chi connectivity index (χ3n) is 5.62. The molecule has 1 aliphatic heterocycles. The summed E-state index contributed by atoms with van der Waals surface area (Å²) < 4.78 is 10.7. The van der Waals surface area contributed by atoms with E-state index in [0.29, 0.717) is 53.2 Å². The number of benzene rings is 2. The third-order valence-corrected chi connectivity index (χ3v) is 6.44. The number of nitro groups is 1. The highest BCUT2D eigenvalue weighted by molar-refractivity contribution is 6.43. The van der Waals surface area contributed by atoms with Crippen molar-refractivity contribution in [3.63, 3.8) is 0 Å². The summed E-state index contributed by atoms with van der Waals surface area (Å²) in [7, 11) is 0. The van der Waals surface area contributed by atoms with Crippen LogP contribution in [0.2, 0.25) is 10.0 Å². The van der Waals surface area contributed by atoms with E-state index in [-0.39, 0.29) is 29.5 Å². The maximum absolute atomic E-state index is 13.0. The van der Waals surface area contributed by atoms with Crippen LogP contribution in [0, 0.1) is 10.1 Å². The lowest BCUT2D eigenvalue weighted by molar-refractivity contribution is -0.384. The number of nitro benzene ring substituents is 1. The quantitative estimate of drug-likeness (QED) is 0.248. The second-order valence-corrected chi connectivity index (χ2v) is 8.51. The highest BCUT2D eigenvalue weighted by Crippen LogP contribution is 2.35. The molecule has 182 valence electrons. The fourth-order valence-electron chi connectivity index (χ4n) is 3.88. The zero-order chi connectivity index (χ0) is 25.1. The van der Waals surface area contributed by atoms with Crippen LogP contribution in [0.25, 0.3) is 11.3 Å². The Morgan fingerprint density at radius 1 is 1.09 bits per heavy atom. The number of carbonyl (C=O) groups excluding carboxylic acids is 2. The maximum atomic E-state index is 13.0. The lowest BCUT2D eigenvalue weighted by Crippen LogP contribution is -2.48. The Kier molecular flexibility index (Phi) is 7.28. The fourth-order valence-corrected chi connectivity index (χ4v) is 4.27. The number of amides is 1. The van der Waals surface area contributed by atoms with Gasteiger partial charge in [0.2, 0.25) is 0 Å². The average Bonchev–Trinajstić information content (AvgIpc) is 3.35. The lowest BCUT2D eigenvalue weighted by atomic mass is 10.1. The third kappa shape index (κ3) is 5.11. The monoisotopic (exact) mass is 517 g/mol. The Labute approximate surface area is 210 Å². The Hall–Kier alpha value is -3.56. The summed E-state index contributed by atoms with van der Waals surface area (Å²) in [6.07, 6.45) is 0. The van der Waals surface area contributed by atoms with Crippen LogP contribution in [-0.2, 0) is 4.74 Å². The molecule has 3 aromatic rings. The molecule has 0 atom stereocenters. The van der Waals surface area contributed by atoms with Gasteiger partial charge in [0.25, 0.3) is 11.6 Å². The number of hydrogen-bond acceptors (Lipinski definition) is 7. The van der Waals surface area contributed by atoms with Crippen molar-refractivity contribution in [1.82, 2.24) is 4.90 Å². The molecule has 1 aromatic heterocycles. The van der Waals surface area contributed by atoms with Crippen LogP contribution in [0.3, 0.4) is 0 Å². The number of furan rings is 1. The van der Waals surface area contributed by atoms with Gasteiger partial charge in [-0.15, -0.1) is 0 Å². The van der Waals surface area contributed by atoms with Crippen molar-refractivity contribution < 1.29 is 23.7 Å². The van der Waals surface area contributed by atoms with Gasteiger partial charge in [-0.05, 0) is 43.3 Å². The molecule has 0 bridgehead atoms. The van der Waals surface area contributed by atoms with Crippen molar-refractivity contribution in [3.8, 4) is 11.3 Å². The van der Waals surface area contributed by atoms with Crippen molar-refractivity contribution in [1.29, 1.82) is 0 Å². The molecule has 2 heterocycles. The van der Waals surface area contributed by atoms with E-state index in [9.17, 15) is 19.7 Å². The van der Waals surface area contributed by atoms with Crippen LogP contribution >= 0.6 is 23.2 Å². The predicted octanol–water partition coefficient (Wildman–Crippen LogP) is 5.30. The molecule has 11 heteroatoms. The van der Waals surface area contributed by atoms with E-state index in [1.807, 2.05) is 4.90 Å². The van der Waals surface area contributed by atoms with Crippen molar-refractivity contribution in [3.05, 3.63) is 80.0 Å². The van der Waals surface area contributed by atoms with Gasteiger partial charge < -0.3 is 19.0 Å². The Balaban J connectivity index is 1.46.